The molecule has 2 aromatic rings. The first-order chi connectivity index (χ1) is 21.5. The maximum absolute atomic E-state index is 12.2. The minimum Gasteiger partial charge on any atom is -0.494 e. The average molecular weight is 604 g/mol. The van der Waals surface area contributed by atoms with Crippen molar-refractivity contribution in [3.05, 3.63) is 72.3 Å². The van der Waals surface area contributed by atoms with Gasteiger partial charge in [0.2, 0.25) is 0 Å². The highest BCUT2D eigenvalue weighted by molar-refractivity contribution is 6.12. The van der Waals surface area contributed by atoms with E-state index in [2.05, 4.69) is 6.92 Å². The van der Waals surface area contributed by atoms with Crippen LogP contribution in [0.1, 0.15) is 102 Å². The van der Waals surface area contributed by atoms with Crippen LogP contribution < -0.4 is 14.2 Å². The van der Waals surface area contributed by atoms with Crippen molar-refractivity contribution in [3.8, 4) is 17.2 Å². The van der Waals surface area contributed by atoms with Crippen molar-refractivity contribution >= 4 is 23.9 Å². The van der Waals surface area contributed by atoms with E-state index in [1.165, 1.54) is 74.5 Å². The zero-order valence-electron chi connectivity index (χ0n) is 26.3. The van der Waals surface area contributed by atoms with E-state index in [0.29, 0.717) is 25.5 Å². The number of ether oxygens (including phenoxy) is 3. The van der Waals surface area contributed by atoms with Crippen LogP contribution in [-0.4, -0.2) is 42.4 Å². The Morgan fingerprint density at radius 3 is 1.61 bits per heavy atom. The first-order valence-corrected chi connectivity index (χ1v) is 16.4. The summed E-state index contributed by atoms with van der Waals surface area (Å²) in [5.41, 5.74) is 0.895. The normalized spacial score (nSPS) is 12.8. The third kappa shape index (κ3) is 14.1. The zero-order valence-corrected chi connectivity index (χ0v) is 26.3. The second kappa shape index (κ2) is 20.9. The molecule has 0 atom stereocenters. The summed E-state index contributed by atoms with van der Waals surface area (Å²) in [5.74, 6) is 1.29. The average Bonchev–Trinajstić information content (AvgIpc) is 3.36. The van der Waals surface area contributed by atoms with Gasteiger partial charge in [0.15, 0.2) is 0 Å². The van der Waals surface area contributed by atoms with E-state index in [1.54, 1.807) is 18.2 Å². The Morgan fingerprint density at radius 1 is 0.614 bits per heavy atom. The molecule has 0 bridgehead atoms. The first kappa shape index (κ1) is 34.6. The maximum Gasteiger partial charge on any atom is 0.336 e. The van der Waals surface area contributed by atoms with Gasteiger partial charge in [0, 0.05) is 24.8 Å². The number of amides is 2. The number of carbonyl (C=O) groups excluding carboxylic acids is 3. The van der Waals surface area contributed by atoms with Crippen LogP contribution in [0.4, 0.5) is 0 Å². The van der Waals surface area contributed by atoms with Crippen molar-refractivity contribution in [2.24, 2.45) is 0 Å². The van der Waals surface area contributed by atoms with E-state index >= 15 is 0 Å². The number of benzene rings is 2. The van der Waals surface area contributed by atoms with Crippen LogP contribution >= 0.6 is 0 Å². The fourth-order valence-electron chi connectivity index (χ4n) is 4.94. The molecule has 1 aliphatic rings. The van der Waals surface area contributed by atoms with Crippen molar-refractivity contribution in [1.82, 2.24) is 4.90 Å². The summed E-state index contributed by atoms with van der Waals surface area (Å²) >= 11 is 0. The molecule has 0 aliphatic carbocycles. The molecule has 0 unspecified atom stereocenters. The van der Waals surface area contributed by atoms with Gasteiger partial charge in [-0.25, -0.2) is 4.79 Å². The summed E-state index contributed by atoms with van der Waals surface area (Å²) in [6.45, 7) is 4.13. The maximum atomic E-state index is 12.2. The summed E-state index contributed by atoms with van der Waals surface area (Å²) in [4.78, 5) is 36.6. The molecule has 0 radical (unpaired) electrons. The van der Waals surface area contributed by atoms with Gasteiger partial charge in [-0.1, -0.05) is 89.7 Å². The molecule has 0 saturated heterocycles. The van der Waals surface area contributed by atoms with Crippen molar-refractivity contribution < 1.29 is 28.6 Å². The molecule has 7 nitrogen and oxygen atoms in total. The van der Waals surface area contributed by atoms with Gasteiger partial charge >= 0.3 is 5.97 Å². The lowest BCUT2D eigenvalue weighted by atomic mass is 10.1. The molecular weight excluding hydrogens is 554 g/mol. The Bertz CT molecular complexity index is 1170. The van der Waals surface area contributed by atoms with Crippen LogP contribution in [0.25, 0.3) is 6.08 Å². The van der Waals surface area contributed by atoms with E-state index in [0.717, 1.165) is 55.6 Å². The minimum atomic E-state index is -0.430. The molecule has 0 N–H and O–H groups in total. The van der Waals surface area contributed by atoms with E-state index in [1.807, 2.05) is 36.4 Å². The van der Waals surface area contributed by atoms with E-state index in [-0.39, 0.29) is 11.8 Å². The Kier molecular flexibility index (Phi) is 16.5. The topological polar surface area (TPSA) is 82.1 Å². The highest BCUT2D eigenvalue weighted by Gasteiger charge is 2.22. The number of imide groups is 1. The molecule has 0 saturated carbocycles. The fraction of sp³-hybridized carbons (Fsp3) is 0.486. The summed E-state index contributed by atoms with van der Waals surface area (Å²) in [7, 11) is 0. The molecule has 2 aromatic carbocycles. The van der Waals surface area contributed by atoms with Crippen LogP contribution in [0.15, 0.2) is 66.8 Å². The largest absolute Gasteiger partial charge is 0.494 e. The lowest BCUT2D eigenvalue weighted by Gasteiger charge is -2.13. The first-order valence-electron chi connectivity index (χ1n) is 16.4. The number of rotatable bonds is 23. The lowest BCUT2D eigenvalue weighted by molar-refractivity contribution is -0.137. The van der Waals surface area contributed by atoms with Crippen molar-refractivity contribution in [3.63, 3.8) is 0 Å². The van der Waals surface area contributed by atoms with Crippen molar-refractivity contribution in [1.29, 1.82) is 0 Å². The summed E-state index contributed by atoms with van der Waals surface area (Å²) in [6, 6.07) is 14.8. The number of carbonyl (C=O) groups is 3. The molecule has 3 rings (SSSR count). The Balaban J connectivity index is 1.18. The van der Waals surface area contributed by atoms with Crippen molar-refractivity contribution in [2.75, 3.05) is 19.8 Å². The molecular formula is C37H49NO6. The third-order valence-corrected chi connectivity index (χ3v) is 7.55. The summed E-state index contributed by atoms with van der Waals surface area (Å²) < 4.78 is 17.0. The van der Waals surface area contributed by atoms with E-state index < -0.39 is 5.97 Å². The van der Waals surface area contributed by atoms with Gasteiger partial charge in [0.05, 0.1) is 13.2 Å². The predicted octanol–water partition coefficient (Wildman–Crippen LogP) is 8.47. The number of hydrogen-bond acceptors (Lipinski definition) is 6. The molecule has 238 valence electrons. The Morgan fingerprint density at radius 2 is 1.07 bits per heavy atom. The fourth-order valence-corrected chi connectivity index (χ4v) is 4.94. The van der Waals surface area contributed by atoms with Crippen LogP contribution in [0.5, 0.6) is 17.2 Å². The number of hydrogen-bond donors (Lipinski definition) is 0. The Hall–Kier alpha value is -3.87. The van der Waals surface area contributed by atoms with Crippen LogP contribution in [0, 0.1) is 0 Å². The van der Waals surface area contributed by atoms with Gasteiger partial charge in [-0.2, -0.15) is 0 Å². The van der Waals surface area contributed by atoms with Gasteiger partial charge in [0.1, 0.15) is 17.2 Å². The molecule has 2 amide bonds. The number of esters is 1. The highest BCUT2D eigenvalue weighted by Crippen LogP contribution is 2.19. The van der Waals surface area contributed by atoms with E-state index in [9.17, 15) is 14.4 Å². The second-order valence-corrected chi connectivity index (χ2v) is 11.2. The molecule has 1 heterocycles. The number of nitrogens with zero attached hydrogens (tertiary/aromatic N) is 1. The van der Waals surface area contributed by atoms with Gasteiger partial charge in [-0.05, 0) is 67.3 Å². The van der Waals surface area contributed by atoms with E-state index in [4.69, 9.17) is 14.2 Å². The molecule has 1 aliphatic heterocycles. The van der Waals surface area contributed by atoms with Crippen molar-refractivity contribution in [2.45, 2.75) is 96.8 Å². The molecule has 0 fully saturated rings. The number of unbranched alkanes of at least 4 members (excludes halogenated alkanes) is 12. The predicted molar refractivity (Wildman–Crippen MR) is 175 cm³/mol. The molecule has 44 heavy (non-hydrogen) atoms. The monoisotopic (exact) mass is 603 g/mol. The summed E-state index contributed by atoms with van der Waals surface area (Å²) in [5, 5.41) is 0. The molecule has 0 aromatic heterocycles. The zero-order chi connectivity index (χ0) is 31.2. The van der Waals surface area contributed by atoms with Crippen LogP contribution in [0.3, 0.4) is 0 Å². The third-order valence-electron chi connectivity index (χ3n) is 7.55. The smallest absolute Gasteiger partial charge is 0.336 e. The van der Waals surface area contributed by atoms with Crippen LogP contribution in [0.2, 0.25) is 0 Å². The molecule has 0 spiro atoms. The van der Waals surface area contributed by atoms with Crippen LogP contribution in [-0.2, 0) is 14.4 Å². The van der Waals surface area contributed by atoms with Gasteiger partial charge in [-0.3, -0.25) is 14.5 Å². The highest BCUT2D eigenvalue weighted by atomic mass is 16.5. The summed E-state index contributed by atoms with van der Waals surface area (Å²) in [6.07, 6.45) is 21.9. The second-order valence-electron chi connectivity index (χ2n) is 11.2. The quantitative estimate of drug-likeness (QED) is 0.0417. The SMILES string of the molecule is CCCCCCCOc1ccc(OC(=O)/C=C/c2ccc(OCCCCCCCCCCCN3C(=O)C=CC3=O)cc2)cc1. The minimum absolute atomic E-state index is 0.185. The lowest BCUT2D eigenvalue weighted by Crippen LogP contribution is -2.30. The van der Waals surface area contributed by atoms with Gasteiger partial charge in [-0.15, -0.1) is 0 Å². The van der Waals surface area contributed by atoms with Gasteiger partial charge < -0.3 is 14.2 Å². The van der Waals surface area contributed by atoms with Gasteiger partial charge in [0.25, 0.3) is 11.8 Å². The standard InChI is InChI=1S/C37H49NO6/c1-2-3-4-11-14-29-43-33-21-23-34(24-22-33)44-37(41)27-18-31-16-19-32(20-17-31)42-30-15-12-9-7-5-6-8-10-13-28-38-35(39)25-26-36(38)40/h16-27H,2-15,28-30H2,1H3/b27-18+. The Labute approximate surface area is 263 Å². The molecule has 7 heteroatoms.